The summed E-state index contributed by atoms with van der Waals surface area (Å²) in [5, 5.41) is 3.35. The lowest BCUT2D eigenvalue weighted by Crippen LogP contribution is -2.56. The summed E-state index contributed by atoms with van der Waals surface area (Å²) >= 11 is 0. The van der Waals surface area contributed by atoms with Crippen LogP contribution in [0.4, 0.5) is 4.39 Å². The molecule has 2 heteroatoms. The van der Waals surface area contributed by atoms with E-state index in [-0.39, 0.29) is 12.2 Å². The Morgan fingerprint density at radius 3 is 2.33 bits per heavy atom. The average molecular weight is 173 g/mol. The second-order valence-corrected chi connectivity index (χ2v) is 4.84. The molecule has 0 spiro atoms. The second kappa shape index (κ2) is 3.33. The number of hydrogen-bond acceptors (Lipinski definition) is 1. The van der Waals surface area contributed by atoms with Gasteiger partial charge in [0.1, 0.15) is 6.67 Å². The Kier molecular flexibility index (Phi) is 2.77. The lowest BCUT2D eigenvalue weighted by Gasteiger charge is -2.45. The highest BCUT2D eigenvalue weighted by Crippen LogP contribution is 2.34. The third-order valence-corrected chi connectivity index (χ3v) is 3.07. The standard InChI is InChI=1S/C10H20FN/c1-7-5-9(8(7)2)12-10(3,4)6-11/h7-9,12H,5-6H2,1-4H3. The van der Waals surface area contributed by atoms with Gasteiger partial charge in [0.05, 0.1) is 0 Å². The molecule has 0 aromatic heterocycles. The van der Waals surface area contributed by atoms with E-state index in [1.807, 2.05) is 13.8 Å². The van der Waals surface area contributed by atoms with Gasteiger partial charge in [0.15, 0.2) is 0 Å². The molecule has 0 aromatic carbocycles. The minimum absolute atomic E-state index is 0.287. The van der Waals surface area contributed by atoms with Crippen LogP contribution in [-0.4, -0.2) is 18.3 Å². The Labute approximate surface area is 74.7 Å². The topological polar surface area (TPSA) is 12.0 Å². The van der Waals surface area contributed by atoms with Crippen LogP contribution < -0.4 is 5.32 Å². The molecule has 0 aromatic rings. The fraction of sp³-hybridized carbons (Fsp3) is 1.00. The molecule has 0 amide bonds. The molecule has 0 bridgehead atoms. The first kappa shape index (κ1) is 9.97. The van der Waals surface area contributed by atoms with Crippen molar-refractivity contribution in [1.82, 2.24) is 5.32 Å². The predicted octanol–water partition coefficient (Wildman–Crippen LogP) is 2.37. The van der Waals surface area contributed by atoms with Crippen molar-refractivity contribution < 1.29 is 4.39 Å². The van der Waals surface area contributed by atoms with Gasteiger partial charge < -0.3 is 5.32 Å². The molecule has 72 valence electrons. The average Bonchev–Trinajstić information content (AvgIpc) is 2.03. The smallest absolute Gasteiger partial charge is 0.107 e. The molecule has 1 fully saturated rings. The van der Waals surface area contributed by atoms with E-state index in [2.05, 4.69) is 19.2 Å². The highest BCUT2D eigenvalue weighted by atomic mass is 19.1. The van der Waals surface area contributed by atoms with Crippen LogP contribution in [-0.2, 0) is 0 Å². The van der Waals surface area contributed by atoms with Crippen LogP contribution in [0.2, 0.25) is 0 Å². The normalized spacial score (nSPS) is 36.2. The summed E-state index contributed by atoms with van der Waals surface area (Å²) in [7, 11) is 0. The second-order valence-electron chi connectivity index (χ2n) is 4.84. The van der Waals surface area contributed by atoms with Crippen molar-refractivity contribution >= 4 is 0 Å². The van der Waals surface area contributed by atoms with E-state index in [1.165, 1.54) is 6.42 Å². The molecule has 1 rings (SSSR count). The largest absolute Gasteiger partial charge is 0.306 e. The summed E-state index contributed by atoms with van der Waals surface area (Å²) in [6, 6.07) is 0.533. The molecule has 12 heavy (non-hydrogen) atoms. The summed E-state index contributed by atoms with van der Waals surface area (Å²) in [6.45, 7) is 8.04. The fourth-order valence-electron chi connectivity index (χ4n) is 1.76. The minimum Gasteiger partial charge on any atom is -0.306 e. The van der Waals surface area contributed by atoms with Crippen LogP contribution >= 0.6 is 0 Å². The Hall–Kier alpha value is -0.110. The van der Waals surface area contributed by atoms with Gasteiger partial charge in [0.25, 0.3) is 0 Å². The molecule has 0 radical (unpaired) electrons. The van der Waals surface area contributed by atoms with E-state index in [0.717, 1.165) is 5.92 Å². The first-order valence-electron chi connectivity index (χ1n) is 4.80. The SMILES string of the molecule is CC1CC(NC(C)(C)CF)C1C. The van der Waals surface area contributed by atoms with Crippen molar-refractivity contribution in [1.29, 1.82) is 0 Å². The summed E-state index contributed by atoms with van der Waals surface area (Å²) in [6.07, 6.45) is 1.20. The summed E-state index contributed by atoms with van der Waals surface area (Å²) in [5.74, 6) is 1.51. The first-order chi connectivity index (χ1) is 5.46. The quantitative estimate of drug-likeness (QED) is 0.691. The van der Waals surface area contributed by atoms with Crippen molar-refractivity contribution in [2.45, 2.75) is 45.7 Å². The van der Waals surface area contributed by atoms with E-state index in [1.54, 1.807) is 0 Å². The number of halogens is 1. The molecule has 0 aliphatic heterocycles. The van der Waals surface area contributed by atoms with Crippen molar-refractivity contribution in [3.63, 3.8) is 0 Å². The van der Waals surface area contributed by atoms with E-state index >= 15 is 0 Å². The maximum atomic E-state index is 12.5. The van der Waals surface area contributed by atoms with Gasteiger partial charge in [-0.25, -0.2) is 4.39 Å². The van der Waals surface area contributed by atoms with Crippen LogP contribution in [0.3, 0.4) is 0 Å². The van der Waals surface area contributed by atoms with E-state index in [4.69, 9.17) is 0 Å². The molecule has 1 saturated carbocycles. The van der Waals surface area contributed by atoms with Gasteiger partial charge in [0.2, 0.25) is 0 Å². The van der Waals surface area contributed by atoms with Crippen molar-refractivity contribution in [3.05, 3.63) is 0 Å². The Morgan fingerprint density at radius 1 is 1.42 bits per heavy atom. The van der Waals surface area contributed by atoms with Gasteiger partial charge in [-0.3, -0.25) is 0 Å². The maximum Gasteiger partial charge on any atom is 0.107 e. The molecule has 0 saturated heterocycles. The number of hydrogen-bond donors (Lipinski definition) is 1. The van der Waals surface area contributed by atoms with Gasteiger partial charge in [-0.15, -0.1) is 0 Å². The molecule has 3 atom stereocenters. The monoisotopic (exact) mass is 173 g/mol. The molecule has 1 aliphatic rings. The zero-order valence-electron chi connectivity index (χ0n) is 8.52. The van der Waals surface area contributed by atoms with Gasteiger partial charge in [-0.2, -0.15) is 0 Å². The summed E-state index contributed by atoms with van der Waals surface area (Å²) in [4.78, 5) is 0. The first-order valence-corrected chi connectivity index (χ1v) is 4.80. The minimum atomic E-state index is -0.334. The Morgan fingerprint density at radius 2 is 2.00 bits per heavy atom. The highest BCUT2D eigenvalue weighted by molar-refractivity contribution is 4.93. The molecule has 1 N–H and O–H groups in total. The molecule has 1 aliphatic carbocycles. The fourth-order valence-corrected chi connectivity index (χ4v) is 1.76. The lowest BCUT2D eigenvalue weighted by molar-refractivity contribution is 0.0990. The van der Waals surface area contributed by atoms with Crippen LogP contribution in [0.5, 0.6) is 0 Å². The number of rotatable bonds is 3. The molecule has 0 heterocycles. The number of nitrogens with one attached hydrogen (secondary N) is 1. The van der Waals surface area contributed by atoms with Crippen LogP contribution in [0.15, 0.2) is 0 Å². The molecular formula is C10H20FN. The predicted molar refractivity (Wildman–Crippen MR) is 49.9 cm³/mol. The van der Waals surface area contributed by atoms with Gasteiger partial charge >= 0.3 is 0 Å². The zero-order chi connectivity index (χ0) is 9.35. The van der Waals surface area contributed by atoms with Gasteiger partial charge in [-0.1, -0.05) is 13.8 Å². The van der Waals surface area contributed by atoms with Crippen LogP contribution in [0, 0.1) is 11.8 Å². The van der Waals surface area contributed by atoms with Crippen LogP contribution in [0.25, 0.3) is 0 Å². The Bertz CT molecular complexity index is 156. The molecule has 3 unspecified atom stereocenters. The maximum absolute atomic E-state index is 12.5. The lowest BCUT2D eigenvalue weighted by atomic mass is 9.71. The molecular weight excluding hydrogens is 153 g/mol. The van der Waals surface area contributed by atoms with Crippen molar-refractivity contribution in [3.8, 4) is 0 Å². The third-order valence-electron chi connectivity index (χ3n) is 3.07. The highest BCUT2D eigenvalue weighted by Gasteiger charge is 2.37. The van der Waals surface area contributed by atoms with E-state index < -0.39 is 0 Å². The Balaban J connectivity index is 2.34. The van der Waals surface area contributed by atoms with E-state index in [9.17, 15) is 4.39 Å². The summed E-state index contributed by atoms with van der Waals surface area (Å²) < 4.78 is 12.5. The zero-order valence-corrected chi connectivity index (χ0v) is 8.52. The van der Waals surface area contributed by atoms with Gasteiger partial charge in [-0.05, 0) is 32.1 Å². The third kappa shape index (κ3) is 1.98. The van der Waals surface area contributed by atoms with Crippen molar-refractivity contribution in [2.24, 2.45) is 11.8 Å². The van der Waals surface area contributed by atoms with Gasteiger partial charge in [0, 0.05) is 11.6 Å². The molecule has 1 nitrogen and oxygen atoms in total. The number of alkyl halides is 1. The van der Waals surface area contributed by atoms with Crippen LogP contribution in [0.1, 0.15) is 34.1 Å². The summed E-state index contributed by atoms with van der Waals surface area (Å²) in [5.41, 5.74) is -0.334. The van der Waals surface area contributed by atoms with E-state index in [0.29, 0.717) is 12.0 Å². The van der Waals surface area contributed by atoms with Crippen molar-refractivity contribution in [2.75, 3.05) is 6.67 Å².